The standard InChI is InChI=1S/C20H20N4O2S2/c1-12-14-10-17(27-19(14)23(2)22-12)18(25)24(11-13-6-5-9-26-13)20-21-15-7-3-4-8-16(15)28-20/h3-4,7-8,10,13H,5-6,9,11H2,1-2H3. The van der Waals surface area contributed by atoms with Gasteiger partial charge in [-0.2, -0.15) is 5.10 Å². The van der Waals surface area contributed by atoms with Crippen LogP contribution >= 0.6 is 22.7 Å². The second-order valence-corrected chi connectivity index (χ2v) is 9.09. The molecule has 0 N–H and O–H groups in total. The van der Waals surface area contributed by atoms with Gasteiger partial charge in [0.05, 0.1) is 33.4 Å². The summed E-state index contributed by atoms with van der Waals surface area (Å²) in [7, 11) is 1.91. The molecule has 0 radical (unpaired) electrons. The average Bonchev–Trinajstić information content (AvgIpc) is 3.46. The summed E-state index contributed by atoms with van der Waals surface area (Å²) < 4.78 is 8.74. The van der Waals surface area contributed by atoms with E-state index in [2.05, 4.69) is 5.10 Å². The zero-order valence-electron chi connectivity index (χ0n) is 15.7. The maximum absolute atomic E-state index is 13.5. The Hall–Kier alpha value is -2.29. The van der Waals surface area contributed by atoms with E-state index in [0.717, 1.165) is 50.7 Å². The lowest BCUT2D eigenvalue weighted by Gasteiger charge is -2.22. The monoisotopic (exact) mass is 412 g/mol. The fourth-order valence-corrected chi connectivity index (χ4v) is 5.70. The van der Waals surface area contributed by atoms with E-state index in [1.54, 1.807) is 16.2 Å². The summed E-state index contributed by atoms with van der Waals surface area (Å²) in [4.78, 5) is 21.8. The van der Waals surface area contributed by atoms with Crippen molar-refractivity contribution >= 4 is 54.1 Å². The fourth-order valence-electron chi connectivity index (χ4n) is 3.66. The van der Waals surface area contributed by atoms with Gasteiger partial charge in [0.2, 0.25) is 0 Å². The van der Waals surface area contributed by atoms with Gasteiger partial charge in [0.15, 0.2) is 5.13 Å². The Bertz CT molecular complexity index is 1100. The molecule has 4 aromatic rings. The number of hydrogen-bond acceptors (Lipinski definition) is 6. The summed E-state index contributed by atoms with van der Waals surface area (Å²) in [6.45, 7) is 3.27. The second-order valence-electron chi connectivity index (χ2n) is 7.05. The van der Waals surface area contributed by atoms with Crippen molar-refractivity contribution in [3.63, 3.8) is 0 Å². The molecule has 5 rings (SSSR count). The molecule has 1 saturated heterocycles. The topological polar surface area (TPSA) is 60.2 Å². The van der Waals surface area contributed by atoms with E-state index in [4.69, 9.17) is 9.72 Å². The van der Waals surface area contributed by atoms with Crippen LogP contribution in [-0.4, -0.2) is 39.9 Å². The van der Waals surface area contributed by atoms with Crippen LogP contribution in [-0.2, 0) is 11.8 Å². The first kappa shape index (κ1) is 17.8. The third kappa shape index (κ3) is 3.01. The predicted octanol–water partition coefficient (Wildman–Crippen LogP) is 4.38. The largest absolute Gasteiger partial charge is 0.376 e. The molecule has 0 aliphatic carbocycles. The summed E-state index contributed by atoms with van der Waals surface area (Å²) >= 11 is 3.04. The number of thiazole rings is 1. The summed E-state index contributed by atoms with van der Waals surface area (Å²) in [5.41, 5.74) is 1.86. The SMILES string of the molecule is Cc1nn(C)c2sc(C(=O)N(CC3CCCO3)c3nc4ccccc4s3)cc12. The van der Waals surface area contributed by atoms with Crippen molar-refractivity contribution in [3.05, 3.63) is 40.9 Å². The Balaban J connectivity index is 1.55. The number of aryl methyl sites for hydroxylation is 2. The van der Waals surface area contributed by atoms with E-state index < -0.39 is 0 Å². The number of hydrogen-bond donors (Lipinski definition) is 0. The number of ether oxygens (including phenoxy) is 1. The minimum Gasteiger partial charge on any atom is -0.376 e. The van der Waals surface area contributed by atoms with Gasteiger partial charge < -0.3 is 4.74 Å². The Kier molecular flexibility index (Phi) is 4.41. The summed E-state index contributed by atoms with van der Waals surface area (Å²) in [6, 6.07) is 9.96. The van der Waals surface area contributed by atoms with Gasteiger partial charge in [-0.25, -0.2) is 4.98 Å². The van der Waals surface area contributed by atoms with Gasteiger partial charge >= 0.3 is 0 Å². The van der Waals surface area contributed by atoms with Crippen LogP contribution in [0.15, 0.2) is 30.3 Å². The summed E-state index contributed by atoms with van der Waals surface area (Å²) in [6.07, 6.45) is 2.08. The molecule has 1 fully saturated rings. The van der Waals surface area contributed by atoms with Gasteiger partial charge in [0, 0.05) is 19.0 Å². The Morgan fingerprint density at radius 3 is 2.96 bits per heavy atom. The molecule has 3 aromatic heterocycles. The van der Waals surface area contributed by atoms with E-state index in [1.165, 1.54) is 11.3 Å². The lowest BCUT2D eigenvalue weighted by molar-refractivity contribution is 0.0921. The predicted molar refractivity (Wildman–Crippen MR) is 114 cm³/mol. The Morgan fingerprint density at radius 1 is 1.36 bits per heavy atom. The number of para-hydroxylation sites is 1. The maximum Gasteiger partial charge on any atom is 0.270 e. The van der Waals surface area contributed by atoms with Crippen LogP contribution in [0.5, 0.6) is 0 Å². The summed E-state index contributed by atoms with van der Waals surface area (Å²) in [5.74, 6) is -0.0184. The van der Waals surface area contributed by atoms with Crippen LogP contribution in [0.25, 0.3) is 20.4 Å². The van der Waals surface area contributed by atoms with Crippen molar-refractivity contribution in [2.45, 2.75) is 25.9 Å². The quantitative estimate of drug-likeness (QED) is 0.499. The third-order valence-electron chi connectivity index (χ3n) is 5.08. The molecule has 1 aromatic carbocycles. The number of carbonyl (C=O) groups is 1. The number of anilines is 1. The first-order valence-electron chi connectivity index (χ1n) is 9.32. The van der Waals surface area contributed by atoms with Gasteiger partial charge in [0.25, 0.3) is 5.91 Å². The molecule has 1 unspecified atom stereocenters. The van der Waals surface area contributed by atoms with Crippen molar-refractivity contribution < 1.29 is 9.53 Å². The number of aromatic nitrogens is 3. The smallest absolute Gasteiger partial charge is 0.270 e. The molecule has 1 aliphatic heterocycles. The van der Waals surface area contributed by atoms with Gasteiger partial charge in [0.1, 0.15) is 4.83 Å². The molecule has 6 nitrogen and oxygen atoms in total. The van der Waals surface area contributed by atoms with Gasteiger partial charge in [-0.15, -0.1) is 11.3 Å². The zero-order valence-corrected chi connectivity index (χ0v) is 17.3. The van der Waals surface area contributed by atoms with Gasteiger partial charge in [-0.3, -0.25) is 14.4 Å². The number of nitrogens with zero attached hydrogens (tertiary/aromatic N) is 4. The van der Waals surface area contributed by atoms with Crippen LogP contribution in [0.2, 0.25) is 0 Å². The highest BCUT2D eigenvalue weighted by molar-refractivity contribution is 7.23. The normalized spacial score (nSPS) is 17.0. The first-order chi connectivity index (χ1) is 13.6. The molecule has 1 amide bonds. The van der Waals surface area contributed by atoms with Crippen LogP contribution in [0, 0.1) is 6.92 Å². The molecule has 28 heavy (non-hydrogen) atoms. The number of thiophene rings is 1. The average molecular weight is 413 g/mol. The number of benzene rings is 1. The highest BCUT2D eigenvalue weighted by atomic mass is 32.1. The minimum absolute atomic E-state index is 0.0184. The number of rotatable bonds is 4. The molecule has 1 aliphatic rings. The highest BCUT2D eigenvalue weighted by Crippen LogP contribution is 2.33. The Morgan fingerprint density at radius 2 is 2.21 bits per heavy atom. The van der Waals surface area contributed by atoms with Crippen molar-refractivity contribution in [3.8, 4) is 0 Å². The third-order valence-corrected chi connectivity index (χ3v) is 7.33. The molecule has 0 bridgehead atoms. The lowest BCUT2D eigenvalue weighted by Crippen LogP contribution is -2.37. The van der Waals surface area contributed by atoms with Crippen molar-refractivity contribution in [2.24, 2.45) is 7.05 Å². The zero-order chi connectivity index (χ0) is 19.3. The molecule has 0 saturated carbocycles. The molecule has 8 heteroatoms. The fraction of sp³-hybridized carbons (Fsp3) is 0.350. The number of fused-ring (bicyclic) bond motifs is 2. The van der Waals surface area contributed by atoms with Crippen molar-refractivity contribution in [1.82, 2.24) is 14.8 Å². The molecular weight excluding hydrogens is 392 g/mol. The van der Waals surface area contributed by atoms with Crippen molar-refractivity contribution in [1.29, 1.82) is 0 Å². The molecule has 0 spiro atoms. The second kappa shape index (κ2) is 6.95. The number of carbonyl (C=O) groups excluding carboxylic acids is 1. The first-order valence-corrected chi connectivity index (χ1v) is 11.0. The van der Waals surface area contributed by atoms with Crippen LogP contribution in [0.1, 0.15) is 28.2 Å². The van der Waals surface area contributed by atoms with E-state index in [0.29, 0.717) is 11.4 Å². The Labute approximate surface area is 170 Å². The van der Waals surface area contributed by atoms with Gasteiger partial charge in [-0.1, -0.05) is 23.5 Å². The highest BCUT2D eigenvalue weighted by Gasteiger charge is 2.28. The lowest BCUT2D eigenvalue weighted by atomic mass is 10.2. The van der Waals surface area contributed by atoms with Crippen molar-refractivity contribution in [2.75, 3.05) is 18.1 Å². The number of amides is 1. The van der Waals surface area contributed by atoms with Crippen LogP contribution < -0.4 is 4.90 Å². The summed E-state index contributed by atoms with van der Waals surface area (Å²) in [5, 5.41) is 6.21. The van der Waals surface area contributed by atoms with Gasteiger partial charge in [-0.05, 0) is 38.0 Å². The van der Waals surface area contributed by atoms with E-state index in [1.807, 2.05) is 49.0 Å². The molecule has 144 valence electrons. The maximum atomic E-state index is 13.5. The molecule has 4 heterocycles. The molecule has 1 atom stereocenters. The van der Waals surface area contributed by atoms with Crippen LogP contribution in [0.3, 0.4) is 0 Å². The van der Waals surface area contributed by atoms with E-state index in [-0.39, 0.29) is 12.0 Å². The van der Waals surface area contributed by atoms with E-state index in [9.17, 15) is 4.79 Å². The minimum atomic E-state index is -0.0184. The van der Waals surface area contributed by atoms with Crippen LogP contribution in [0.4, 0.5) is 5.13 Å². The van der Waals surface area contributed by atoms with E-state index >= 15 is 0 Å². The molecular formula is C20H20N4O2S2.